The van der Waals surface area contributed by atoms with Gasteiger partial charge in [0.25, 0.3) is 0 Å². The summed E-state index contributed by atoms with van der Waals surface area (Å²) >= 11 is 0. The van der Waals surface area contributed by atoms with Crippen LogP contribution in [-0.2, 0) is 21.3 Å². The predicted molar refractivity (Wildman–Crippen MR) is 77.7 cm³/mol. The van der Waals surface area contributed by atoms with Crippen LogP contribution < -0.4 is 5.32 Å². The van der Waals surface area contributed by atoms with Crippen molar-refractivity contribution >= 4 is 16.7 Å². The minimum absolute atomic E-state index is 0.109. The first-order valence-electron chi connectivity index (χ1n) is 7.08. The molecule has 2 rings (SSSR count). The Labute approximate surface area is 121 Å². The van der Waals surface area contributed by atoms with E-state index >= 15 is 0 Å². The molecular weight excluding hydrogens is 276 g/mol. The predicted octanol–water partition coefficient (Wildman–Crippen LogP) is 1.99. The van der Waals surface area contributed by atoms with Crippen molar-refractivity contribution in [2.24, 2.45) is 0 Å². The number of amides is 1. The molecule has 0 saturated heterocycles. The number of nitrogens with one attached hydrogen (secondary N) is 1. The van der Waals surface area contributed by atoms with Gasteiger partial charge in [0.1, 0.15) is 11.0 Å². The summed E-state index contributed by atoms with van der Waals surface area (Å²) in [5.74, 6) is 0.890. The normalized spacial score (nSPS) is 18.9. The third-order valence-electron chi connectivity index (χ3n) is 3.93. The van der Waals surface area contributed by atoms with E-state index in [1.54, 1.807) is 13.8 Å². The molecule has 1 aromatic rings. The molecular formula is C14H22N2O3S. The number of aromatic nitrogens is 1. The first-order chi connectivity index (χ1) is 9.49. The van der Waals surface area contributed by atoms with Crippen LogP contribution in [0.25, 0.3) is 0 Å². The summed E-state index contributed by atoms with van der Waals surface area (Å²) in [7, 11) is -1.26. The number of rotatable bonds is 5. The molecule has 0 spiro atoms. The maximum Gasteiger partial charge on any atom is 0.235 e. The molecule has 1 saturated carbocycles. The number of hydrogen-bond donors (Lipinski definition) is 1. The lowest BCUT2D eigenvalue weighted by molar-refractivity contribution is -0.121. The zero-order valence-corrected chi connectivity index (χ0v) is 13.1. The maximum atomic E-state index is 12.3. The fourth-order valence-corrected chi connectivity index (χ4v) is 3.74. The Morgan fingerprint density at radius 1 is 1.45 bits per heavy atom. The van der Waals surface area contributed by atoms with Crippen LogP contribution in [0.4, 0.5) is 0 Å². The van der Waals surface area contributed by atoms with E-state index in [4.69, 9.17) is 4.52 Å². The molecule has 1 N–H and O–H groups in total. The van der Waals surface area contributed by atoms with E-state index in [2.05, 4.69) is 10.5 Å². The number of aryl methyl sites for hydroxylation is 2. The van der Waals surface area contributed by atoms with Crippen LogP contribution in [0, 0.1) is 13.8 Å². The summed E-state index contributed by atoms with van der Waals surface area (Å²) in [4.78, 5) is 12.1. The van der Waals surface area contributed by atoms with E-state index in [0.717, 1.165) is 24.1 Å². The van der Waals surface area contributed by atoms with Crippen molar-refractivity contribution in [2.75, 3.05) is 0 Å². The lowest BCUT2D eigenvalue weighted by Gasteiger charge is -2.16. The van der Waals surface area contributed by atoms with Crippen molar-refractivity contribution < 1.29 is 13.5 Å². The molecule has 1 aromatic heterocycles. The van der Waals surface area contributed by atoms with Gasteiger partial charge in [0, 0.05) is 22.4 Å². The lowest BCUT2D eigenvalue weighted by Crippen LogP contribution is -2.41. The first kappa shape index (κ1) is 15.2. The van der Waals surface area contributed by atoms with Gasteiger partial charge in [0.2, 0.25) is 5.91 Å². The van der Waals surface area contributed by atoms with Crippen molar-refractivity contribution in [3.63, 3.8) is 0 Å². The van der Waals surface area contributed by atoms with Crippen LogP contribution in [-0.4, -0.2) is 26.6 Å². The second-order valence-corrected chi connectivity index (χ2v) is 7.22. The van der Waals surface area contributed by atoms with Crippen LogP contribution in [0.2, 0.25) is 0 Å². The average Bonchev–Trinajstić information content (AvgIpc) is 3.02. The molecule has 0 unspecified atom stereocenters. The quantitative estimate of drug-likeness (QED) is 0.902. The molecule has 1 aliphatic rings. The Balaban J connectivity index is 1.92. The fourth-order valence-electron chi connectivity index (χ4n) is 2.48. The molecule has 1 aliphatic carbocycles. The van der Waals surface area contributed by atoms with Crippen LogP contribution in [0.15, 0.2) is 4.52 Å². The van der Waals surface area contributed by atoms with Gasteiger partial charge in [0.15, 0.2) is 0 Å². The van der Waals surface area contributed by atoms with Gasteiger partial charge in [0.05, 0.1) is 11.4 Å². The number of carbonyl (C=O) groups is 1. The van der Waals surface area contributed by atoms with E-state index in [9.17, 15) is 9.00 Å². The second-order valence-electron chi connectivity index (χ2n) is 5.46. The van der Waals surface area contributed by atoms with Crippen molar-refractivity contribution in [3.05, 3.63) is 17.0 Å². The zero-order chi connectivity index (χ0) is 14.7. The Hall–Kier alpha value is -1.17. The van der Waals surface area contributed by atoms with E-state index in [-0.39, 0.29) is 11.9 Å². The summed E-state index contributed by atoms with van der Waals surface area (Å²) in [6.07, 6.45) is 4.41. The average molecular weight is 298 g/mol. The molecule has 20 heavy (non-hydrogen) atoms. The molecule has 1 heterocycles. The molecule has 1 amide bonds. The van der Waals surface area contributed by atoms with Crippen LogP contribution in [0.1, 0.15) is 49.6 Å². The van der Waals surface area contributed by atoms with Gasteiger partial charge in [-0.25, -0.2) is 0 Å². The van der Waals surface area contributed by atoms with Crippen LogP contribution in [0.5, 0.6) is 0 Å². The van der Waals surface area contributed by atoms with Gasteiger partial charge in [-0.05, 0) is 33.6 Å². The summed E-state index contributed by atoms with van der Waals surface area (Å²) in [5, 5.41) is 6.33. The van der Waals surface area contributed by atoms with Crippen molar-refractivity contribution in [2.45, 2.75) is 63.5 Å². The van der Waals surface area contributed by atoms with E-state index in [1.807, 2.05) is 6.92 Å². The molecule has 0 aliphatic heterocycles. The third-order valence-corrected chi connectivity index (χ3v) is 5.51. The topological polar surface area (TPSA) is 72.2 Å². The Bertz CT molecular complexity index is 487. The molecule has 6 heteroatoms. The SMILES string of the molecule is Cc1noc(C)c1C[S@@](=O)[C@H](C)C(=O)NC1CCCC1. The van der Waals surface area contributed by atoms with Crippen molar-refractivity contribution in [1.82, 2.24) is 10.5 Å². The molecule has 112 valence electrons. The van der Waals surface area contributed by atoms with Crippen molar-refractivity contribution in [3.8, 4) is 0 Å². The van der Waals surface area contributed by atoms with Gasteiger partial charge in [-0.1, -0.05) is 18.0 Å². The smallest absolute Gasteiger partial charge is 0.235 e. The van der Waals surface area contributed by atoms with Crippen molar-refractivity contribution in [1.29, 1.82) is 0 Å². The molecule has 0 bridgehead atoms. The van der Waals surface area contributed by atoms with Gasteiger partial charge in [-0.2, -0.15) is 0 Å². The molecule has 2 atom stereocenters. The lowest BCUT2D eigenvalue weighted by atomic mass is 10.2. The standard InChI is InChI=1S/C14H22N2O3S/c1-9-13(10(2)19-16-9)8-20(18)11(3)14(17)15-12-6-4-5-7-12/h11-12H,4-8H2,1-3H3,(H,15,17)/t11-,20-/m1/s1. The molecule has 5 nitrogen and oxygen atoms in total. The summed E-state index contributed by atoms with van der Waals surface area (Å²) in [6, 6.07) is 0.265. The van der Waals surface area contributed by atoms with Gasteiger partial charge < -0.3 is 9.84 Å². The Morgan fingerprint density at radius 3 is 2.65 bits per heavy atom. The van der Waals surface area contributed by atoms with E-state index in [0.29, 0.717) is 11.5 Å². The Kier molecular flexibility index (Phi) is 4.96. The zero-order valence-electron chi connectivity index (χ0n) is 12.3. The highest BCUT2D eigenvalue weighted by Gasteiger charge is 2.25. The summed E-state index contributed by atoms with van der Waals surface area (Å²) < 4.78 is 17.4. The minimum Gasteiger partial charge on any atom is -0.361 e. The van der Waals surface area contributed by atoms with E-state index in [1.165, 1.54) is 12.8 Å². The highest BCUT2D eigenvalue weighted by Crippen LogP contribution is 2.19. The van der Waals surface area contributed by atoms with Gasteiger partial charge >= 0.3 is 0 Å². The van der Waals surface area contributed by atoms with Gasteiger partial charge in [-0.15, -0.1) is 0 Å². The highest BCUT2D eigenvalue weighted by molar-refractivity contribution is 7.85. The highest BCUT2D eigenvalue weighted by atomic mass is 32.2. The summed E-state index contributed by atoms with van der Waals surface area (Å²) in [5.41, 5.74) is 1.60. The molecule has 0 radical (unpaired) electrons. The maximum absolute atomic E-state index is 12.3. The Morgan fingerprint density at radius 2 is 2.10 bits per heavy atom. The fraction of sp³-hybridized carbons (Fsp3) is 0.714. The number of carbonyl (C=O) groups excluding carboxylic acids is 1. The van der Waals surface area contributed by atoms with E-state index < -0.39 is 16.0 Å². The van der Waals surface area contributed by atoms with Crippen LogP contribution in [0.3, 0.4) is 0 Å². The molecule has 0 aromatic carbocycles. The third kappa shape index (κ3) is 3.48. The second kappa shape index (κ2) is 6.52. The van der Waals surface area contributed by atoms with Crippen LogP contribution >= 0.6 is 0 Å². The van der Waals surface area contributed by atoms with Gasteiger partial charge in [-0.3, -0.25) is 9.00 Å². The first-order valence-corrected chi connectivity index (χ1v) is 8.46. The number of nitrogens with zero attached hydrogens (tertiary/aromatic N) is 1. The number of hydrogen-bond acceptors (Lipinski definition) is 4. The largest absolute Gasteiger partial charge is 0.361 e. The monoisotopic (exact) mass is 298 g/mol. The summed E-state index contributed by atoms with van der Waals surface area (Å²) in [6.45, 7) is 5.35. The molecule has 1 fully saturated rings. The minimum atomic E-state index is -1.26.